The summed E-state index contributed by atoms with van der Waals surface area (Å²) in [4.78, 5) is 11.7. The molecular formula is C11H9BrF2O2S. The van der Waals surface area contributed by atoms with Crippen LogP contribution in [0.25, 0.3) is 0 Å². The van der Waals surface area contributed by atoms with Gasteiger partial charge in [0.15, 0.2) is 0 Å². The summed E-state index contributed by atoms with van der Waals surface area (Å²) in [6, 6.07) is 0. The summed E-state index contributed by atoms with van der Waals surface area (Å²) in [6.07, 6.45) is 0.525. The van der Waals surface area contributed by atoms with Gasteiger partial charge in [-0.25, -0.2) is 13.6 Å². The van der Waals surface area contributed by atoms with Gasteiger partial charge in [-0.15, -0.1) is 11.3 Å². The molecule has 0 aliphatic heterocycles. The van der Waals surface area contributed by atoms with Crippen molar-refractivity contribution in [3.8, 4) is 0 Å². The maximum Gasteiger partial charge on any atom is 0.348 e. The van der Waals surface area contributed by atoms with E-state index < -0.39 is 17.8 Å². The molecule has 1 aromatic rings. The summed E-state index contributed by atoms with van der Waals surface area (Å²) >= 11 is 4.34. The predicted molar refractivity (Wildman–Crippen MR) is 62.7 cm³/mol. The molecule has 0 N–H and O–H groups in total. The van der Waals surface area contributed by atoms with Crippen LogP contribution >= 0.6 is 27.3 Å². The zero-order valence-electron chi connectivity index (χ0n) is 8.93. The maximum absolute atomic E-state index is 14.0. The lowest BCUT2D eigenvalue weighted by Gasteiger charge is -2.13. The first-order valence-electron chi connectivity index (χ1n) is 5.36. The largest absolute Gasteiger partial charge is 0.462 e. The molecule has 2 aliphatic rings. The number of fused-ring (bicyclic) bond motifs is 3. The summed E-state index contributed by atoms with van der Waals surface area (Å²) in [5, 5.41) is 0. The Balaban J connectivity index is 2.12. The molecule has 2 aliphatic carbocycles. The predicted octanol–water partition coefficient (Wildman–Crippen LogP) is 3.90. The Bertz CT molecular complexity index is 512. The van der Waals surface area contributed by atoms with Gasteiger partial charge in [0.25, 0.3) is 5.92 Å². The lowest BCUT2D eigenvalue weighted by molar-refractivity contribution is -0.0234. The van der Waals surface area contributed by atoms with Crippen molar-refractivity contribution < 1.29 is 18.3 Å². The highest BCUT2D eigenvalue weighted by molar-refractivity contribution is 9.11. The lowest BCUT2D eigenvalue weighted by atomic mass is 10.1. The number of carbonyl (C=O) groups is 1. The number of carbonyl (C=O) groups excluding carboxylic acids is 1. The molecular weight excluding hydrogens is 314 g/mol. The minimum atomic E-state index is -2.87. The topological polar surface area (TPSA) is 26.3 Å². The maximum atomic E-state index is 14.0. The van der Waals surface area contributed by atoms with Crippen LogP contribution in [0.2, 0.25) is 0 Å². The molecule has 1 aromatic heterocycles. The van der Waals surface area contributed by atoms with Gasteiger partial charge in [0, 0.05) is 5.92 Å². The smallest absolute Gasteiger partial charge is 0.348 e. The lowest BCUT2D eigenvalue weighted by Crippen LogP contribution is -2.17. The number of hydrogen-bond donors (Lipinski definition) is 0. The van der Waals surface area contributed by atoms with Crippen LogP contribution in [0.4, 0.5) is 8.78 Å². The van der Waals surface area contributed by atoms with Gasteiger partial charge in [0.2, 0.25) is 0 Å². The van der Waals surface area contributed by atoms with Crippen LogP contribution in [0, 0.1) is 5.92 Å². The first kappa shape index (κ1) is 11.6. The standard InChI is InChI=1S/C11H9BrF2O2S/c1-2-16-10(15)8-7-6(9(12)17-8)4-3-5(4)11(7,13)14/h4-5H,2-3H2,1H3/t4-,5+/m1/s1. The number of ether oxygens (including phenoxy) is 1. The van der Waals surface area contributed by atoms with Crippen LogP contribution < -0.4 is 0 Å². The summed E-state index contributed by atoms with van der Waals surface area (Å²) in [7, 11) is 0. The van der Waals surface area contributed by atoms with E-state index in [-0.39, 0.29) is 23.0 Å². The summed E-state index contributed by atoms with van der Waals surface area (Å²) in [5.41, 5.74) is 0.544. The molecule has 0 spiro atoms. The second kappa shape index (κ2) is 3.51. The third kappa shape index (κ3) is 1.43. The number of halogens is 3. The molecule has 0 amide bonds. The average molecular weight is 323 g/mol. The van der Waals surface area contributed by atoms with Gasteiger partial charge in [-0.1, -0.05) is 0 Å². The van der Waals surface area contributed by atoms with Gasteiger partial charge in [-0.05, 0) is 40.8 Å². The Labute approximate surface area is 109 Å². The Kier molecular flexibility index (Phi) is 2.39. The second-order valence-electron chi connectivity index (χ2n) is 4.29. The number of rotatable bonds is 2. The van der Waals surface area contributed by atoms with E-state index >= 15 is 0 Å². The molecule has 0 saturated heterocycles. The number of thiophene rings is 1. The van der Waals surface area contributed by atoms with E-state index in [4.69, 9.17) is 4.74 Å². The molecule has 92 valence electrons. The molecule has 3 rings (SSSR count). The van der Waals surface area contributed by atoms with Gasteiger partial charge in [0.1, 0.15) is 4.88 Å². The normalized spacial score (nSPS) is 27.5. The van der Waals surface area contributed by atoms with Crippen molar-refractivity contribution in [2.45, 2.75) is 25.2 Å². The van der Waals surface area contributed by atoms with E-state index in [1.807, 2.05) is 0 Å². The molecule has 17 heavy (non-hydrogen) atoms. The van der Waals surface area contributed by atoms with Gasteiger partial charge in [-0.2, -0.15) is 0 Å². The second-order valence-corrected chi connectivity index (χ2v) is 6.62. The average Bonchev–Trinajstić information content (AvgIpc) is 2.91. The van der Waals surface area contributed by atoms with E-state index in [1.165, 1.54) is 0 Å². The van der Waals surface area contributed by atoms with Gasteiger partial charge >= 0.3 is 5.97 Å². The molecule has 0 bridgehead atoms. The van der Waals surface area contributed by atoms with Crippen molar-refractivity contribution in [1.82, 2.24) is 0 Å². The third-order valence-corrected chi connectivity index (χ3v) is 5.21. The molecule has 1 fully saturated rings. The van der Waals surface area contributed by atoms with E-state index in [0.29, 0.717) is 15.8 Å². The SMILES string of the molecule is CCOC(=O)c1sc(Br)c2c1C(F)(F)[C@H]1C[C@@H]21. The van der Waals surface area contributed by atoms with E-state index in [0.717, 1.165) is 11.3 Å². The number of hydrogen-bond acceptors (Lipinski definition) is 3. The molecule has 0 unspecified atom stereocenters. The summed E-state index contributed by atoms with van der Waals surface area (Å²) in [5.74, 6) is -4.19. The fourth-order valence-corrected chi connectivity index (χ4v) is 4.53. The monoisotopic (exact) mass is 322 g/mol. The van der Waals surface area contributed by atoms with Crippen molar-refractivity contribution in [3.05, 3.63) is 19.8 Å². The minimum Gasteiger partial charge on any atom is -0.462 e. The van der Waals surface area contributed by atoms with Crippen LogP contribution in [0.1, 0.15) is 40.1 Å². The van der Waals surface area contributed by atoms with E-state index in [9.17, 15) is 13.6 Å². The Morgan fingerprint density at radius 1 is 1.65 bits per heavy atom. The highest BCUT2D eigenvalue weighted by Gasteiger charge is 2.66. The highest BCUT2D eigenvalue weighted by atomic mass is 79.9. The van der Waals surface area contributed by atoms with Gasteiger partial charge < -0.3 is 4.74 Å². The Morgan fingerprint density at radius 2 is 2.35 bits per heavy atom. The first-order valence-corrected chi connectivity index (χ1v) is 6.97. The van der Waals surface area contributed by atoms with E-state index in [2.05, 4.69) is 15.9 Å². The highest BCUT2D eigenvalue weighted by Crippen LogP contribution is 2.70. The van der Waals surface area contributed by atoms with Crippen LogP contribution in [-0.2, 0) is 10.7 Å². The quantitative estimate of drug-likeness (QED) is 0.772. The summed E-state index contributed by atoms with van der Waals surface area (Å²) < 4.78 is 33.5. The molecule has 0 aromatic carbocycles. The van der Waals surface area contributed by atoms with Crippen molar-refractivity contribution >= 4 is 33.2 Å². The number of esters is 1. The van der Waals surface area contributed by atoms with Gasteiger partial charge in [-0.3, -0.25) is 0 Å². The third-order valence-electron chi connectivity index (χ3n) is 3.32. The van der Waals surface area contributed by atoms with Gasteiger partial charge in [0.05, 0.1) is 16.0 Å². The molecule has 1 heterocycles. The van der Waals surface area contributed by atoms with E-state index in [1.54, 1.807) is 6.92 Å². The minimum absolute atomic E-state index is 0.0610. The Hall–Kier alpha value is -0.490. The van der Waals surface area contributed by atoms with Crippen molar-refractivity contribution in [2.75, 3.05) is 6.61 Å². The zero-order chi connectivity index (χ0) is 12.4. The number of alkyl halides is 2. The molecule has 0 radical (unpaired) electrons. The molecule has 6 heteroatoms. The van der Waals surface area contributed by atoms with Crippen molar-refractivity contribution in [2.24, 2.45) is 5.92 Å². The van der Waals surface area contributed by atoms with Crippen LogP contribution in [0.3, 0.4) is 0 Å². The fourth-order valence-electron chi connectivity index (χ4n) is 2.52. The van der Waals surface area contributed by atoms with Crippen LogP contribution in [0.5, 0.6) is 0 Å². The van der Waals surface area contributed by atoms with Crippen LogP contribution in [-0.4, -0.2) is 12.6 Å². The fraction of sp³-hybridized carbons (Fsp3) is 0.545. The first-order chi connectivity index (χ1) is 7.98. The molecule has 2 nitrogen and oxygen atoms in total. The zero-order valence-corrected chi connectivity index (χ0v) is 11.3. The molecule has 1 saturated carbocycles. The van der Waals surface area contributed by atoms with Crippen molar-refractivity contribution in [3.63, 3.8) is 0 Å². The molecule has 2 atom stereocenters. The van der Waals surface area contributed by atoms with Crippen molar-refractivity contribution in [1.29, 1.82) is 0 Å². The Morgan fingerprint density at radius 3 is 3.00 bits per heavy atom. The summed E-state index contributed by atoms with van der Waals surface area (Å²) in [6.45, 7) is 1.86. The van der Waals surface area contributed by atoms with Crippen LogP contribution in [0.15, 0.2) is 3.79 Å².